The molecule has 1 heterocycles. The van der Waals surface area contributed by atoms with Crippen molar-refractivity contribution in [3.8, 4) is 0 Å². The summed E-state index contributed by atoms with van der Waals surface area (Å²) in [4.78, 5) is 0. The number of aromatic nitrogens is 1. The third kappa shape index (κ3) is 4.12. The number of nitrogens with zero attached hydrogens (tertiary/aromatic N) is 1. The van der Waals surface area contributed by atoms with E-state index in [-0.39, 0.29) is 5.54 Å². The molecular weight excluding hydrogens is 256 g/mol. The van der Waals surface area contributed by atoms with Gasteiger partial charge in [0.1, 0.15) is 0 Å². The van der Waals surface area contributed by atoms with Gasteiger partial charge in [-0.25, -0.2) is 0 Å². The van der Waals surface area contributed by atoms with Gasteiger partial charge in [0, 0.05) is 35.5 Å². The van der Waals surface area contributed by atoms with Gasteiger partial charge in [-0.1, -0.05) is 29.8 Å². The van der Waals surface area contributed by atoms with Gasteiger partial charge >= 0.3 is 0 Å². The Labute approximate surface area is 120 Å². The lowest BCUT2D eigenvalue weighted by molar-refractivity contribution is 0.417. The fraction of sp³-hybridized carbons (Fsp3) is 0.375. The van der Waals surface area contributed by atoms with Crippen molar-refractivity contribution >= 4 is 11.6 Å². The summed E-state index contributed by atoms with van der Waals surface area (Å²) >= 11 is 6.21. The van der Waals surface area contributed by atoms with Gasteiger partial charge in [-0.05, 0) is 44.5 Å². The van der Waals surface area contributed by atoms with Crippen molar-refractivity contribution in [2.24, 2.45) is 0 Å². The van der Waals surface area contributed by atoms with Crippen LogP contribution in [0.2, 0.25) is 5.02 Å². The molecule has 0 fully saturated rings. The van der Waals surface area contributed by atoms with Gasteiger partial charge in [-0.2, -0.15) is 0 Å². The zero-order valence-corrected chi connectivity index (χ0v) is 12.5. The molecule has 0 saturated carbocycles. The smallest absolute Gasteiger partial charge is 0.0488 e. The molecule has 2 aromatic rings. The van der Waals surface area contributed by atoms with Gasteiger partial charge in [0.05, 0.1) is 0 Å². The molecule has 0 aliphatic rings. The summed E-state index contributed by atoms with van der Waals surface area (Å²) in [7, 11) is 0. The molecule has 0 spiro atoms. The molecule has 0 saturated heterocycles. The number of rotatable bonds is 4. The minimum Gasteiger partial charge on any atom is -0.346 e. The Bertz CT molecular complexity index is 538. The number of nitrogens with one attached hydrogen (secondary N) is 1. The lowest BCUT2D eigenvalue weighted by atomic mass is 10.1. The molecule has 1 N–H and O–H groups in total. The lowest BCUT2D eigenvalue weighted by Crippen LogP contribution is -2.35. The minimum atomic E-state index is 0.124. The average Bonchev–Trinajstić information content (AvgIpc) is 2.76. The molecule has 0 bridgehead atoms. The van der Waals surface area contributed by atoms with E-state index in [1.807, 2.05) is 18.2 Å². The fourth-order valence-corrected chi connectivity index (χ4v) is 2.13. The molecule has 0 radical (unpaired) electrons. The van der Waals surface area contributed by atoms with Crippen LogP contribution in [0.25, 0.3) is 0 Å². The van der Waals surface area contributed by atoms with Crippen molar-refractivity contribution in [1.82, 2.24) is 9.88 Å². The van der Waals surface area contributed by atoms with Crippen molar-refractivity contribution < 1.29 is 0 Å². The molecule has 0 atom stereocenters. The first-order valence-electron chi connectivity index (χ1n) is 6.58. The first kappa shape index (κ1) is 14.2. The molecule has 2 nitrogen and oxygen atoms in total. The largest absolute Gasteiger partial charge is 0.346 e. The van der Waals surface area contributed by atoms with Gasteiger partial charge < -0.3 is 9.88 Å². The third-order valence-corrected chi connectivity index (χ3v) is 3.39. The maximum absolute atomic E-state index is 6.21. The van der Waals surface area contributed by atoms with Crippen LogP contribution in [-0.2, 0) is 13.1 Å². The number of halogens is 1. The highest BCUT2D eigenvalue weighted by molar-refractivity contribution is 6.31. The van der Waals surface area contributed by atoms with Gasteiger partial charge in [0.25, 0.3) is 0 Å². The van der Waals surface area contributed by atoms with E-state index in [9.17, 15) is 0 Å². The van der Waals surface area contributed by atoms with E-state index < -0.39 is 0 Å². The highest BCUT2D eigenvalue weighted by Gasteiger charge is 2.10. The molecule has 2 rings (SSSR count). The Morgan fingerprint density at radius 3 is 2.53 bits per heavy atom. The van der Waals surface area contributed by atoms with E-state index in [4.69, 9.17) is 11.6 Å². The molecule has 1 aromatic heterocycles. The zero-order chi connectivity index (χ0) is 13.9. The summed E-state index contributed by atoms with van der Waals surface area (Å²) in [6.07, 6.45) is 2.10. The van der Waals surface area contributed by atoms with Gasteiger partial charge in [0.15, 0.2) is 0 Å². The quantitative estimate of drug-likeness (QED) is 0.890. The van der Waals surface area contributed by atoms with Crippen LogP contribution in [0.15, 0.2) is 42.6 Å². The van der Waals surface area contributed by atoms with Crippen molar-refractivity contribution in [3.63, 3.8) is 0 Å². The molecule has 0 aliphatic heterocycles. The number of hydrogen-bond acceptors (Lipinski definition) is 1. The second kappa shape index (κ2) is 5.81. The summed E-state index contributed by atoms with van der Waals surface area (Å²) in [6, 6.07) is 12.2. The molecule has 3 heteroatoms. The van der Waals surface area contributed by atoms with E-state index >= 15 is 0 Å². The monoisotopic (exact) mass is 276 g/mol. The second-order valence-electron chi connectivity index (χ2n) is 5.82. The number of benzene rings is 1. The van der Waals surface area contributed by atoms with Crippen LogP contribution in [0, 0.1) is 0 Å². The van der Waals surface area contributed by atoms with Gasteiger partial charge in [0.2, 0.25) is 0 Å². The van der Waals surface area contributed by atoms with Crippen molar-refractivity contribution in [1.29, 1.82) is 0 Å². The predicted molar refractivity (Wildman–Crippen MR) is 81.6 cm³/mol. The summed E-state index contributed by atoms with van der Waals surface area (Å²) in [6.45, 7) is 8.20. The first-order chi connectivity index (χ1) is 8.96. The predicted octanol–water partition coefficient (Wildman–Crippen LogP) is 4.08. The summed E-state index contributed by atoms with van der Waals surface area (Å²) in [5.41, 5.74) is 2.55. The van der Waals surface area contributed by atoms with Crippen LogP contribution in [0.1, 0.15) is 32.0 Å². The Morgan fingerprint density at radius 2 is 1.84 bits per heavy atom. The SMILES string of the molecule is CC(C)(C)NCc1cccn1Cc1ccccc1Cl. The summed E-state index contributed by atoms with van der Waals surface area (Å²) in [5, 5.41) is 4.34. The van der Waals surface area contributed by atoms with Crippen LogP contribution in [0.5, 0.6) is 0 Å². The molecule has 0 aliphatic carbocycles. The van der Waals surface area contributed by atoms with Crippen molar-refractivity contribution in [3.05, 3.63) is 58.9 Å². The Hall–Kier alpha value is -1.25. The lowest BCUT2D eigenvalue weighted by Gasteiger charge is -2.21. The maximum atomic E-state index is 6.21. The molecule has 0 unspecified atom stereocenters. The maximum Gasteiger partial charge on any atom is 0.0488 e. The van der Waals surface area contributed by atoms with Crippen LogP contribution in [0.4, 0.5) is 0 Å². The average molecular weight is 277 g/mol. The normalized spacial score (nSPS) is 11.8. The van der Waals surface area contributed by atoms with Gasteiger partial charge in [-0.3, -0.25) is 0 Å². The second-order valence-corrected chi connectivity index (χ2v) is 6.23. The first-order valence-corrected chi connectivity index (χ1v) is 6.96. The summed E-state index contributed by atoms with van der Waals surface area (Å²) < 4.78 is 2.24. The zero-order valence-electron chi connectivity index (χ0n) is 11.8. The highest BCUT2D eigenvalue weighted by Crippen LogP contribution is 2.17. The summed E-state index contributed by atoms with van der Waals surface area (Å²) in [5.74, 6) is 0. The van der Waals surface area contributed by atoms with E-state index in [0.717, 1.165) is 23.7 Å². The van der Waals surface area contributed by atoms with Gasteiger partial charge in [-0.15, -0.1) is 0 Å². The molecular formula is C16H21ClN2. The standard InChI is InChI=1S/C16H21ClN2/c1-16(2,3)18-11-14-8-6-10-19(14)12-13-7-4-5-9-15(13)17/h4-10,18H,11-12H2,1-3H3. The van der Waals surface area contributed by atoms with E-state index in [0.29, 0.717) is 0 Å². The fourth-order valence-electron chi connectivity index (χ4n) is 1.93. The highest BCUT2D eigenvalue weighted by atomic mass is 35.5. The molecule has 1 aromatic carbocycles. The molecule has 0 amide bonds. The Kier molecular flexibility index (Phi) is 4.33. The van der Waals surface area contributed by atoms with E-state index in [2.05, 4.69) is 55.1 Å². The van der Waals surface area contributed by atoms with Crippen LogP contribution >= 0.6 is 11.6 Å². The number of hydrogen-bond donors (Lipinski definition) is 1. The van der Waals surface area contributed by atoms with E-state index in [1.54, 1.807) is 0 Å². The minimum absolute atomic E-state index is 0.124. The van der Waals surface area contributed by atoms with Crippen molar-refractivity contribution in [2.75, 3.05) is 0 Å². The van der Waals surface area contributed by atoms with Crippen LogP contribution in [0.3, 0.4) is 0 Å². The Balaban J connectivity index is 2.10. The third-order valence-electron chi connectivity index (χ3n) is 3.02. The van der Waals surface area contributed by atoms with Crippen LogP contribution < -0.4 is 5.32 Å². The van der Waals surface area contributed by atoms with Crippen molar-refractivity contribution in [2.45, 2.75) is 39.4 Å². The molecule has 19 heavy (non-hydrogen) atoms. The van der Waals surface area contributed by atoms with E-state index in [1.165, 1.54) is 5.69 Å². The van der Waals surface area contributed by atoms with Crippen LogP contribution in [-0.4, -0.2) is 10.1 Å². The molecule has 102 valence electrons. The Morgan fingerprint density at radius 1 is 1.11 bits per heavy atom. The topological polar surface area (TPSA) is 17.0 Å².